The predicted octanol–water partition coefficient (Wildman–Crippen LogP) is 7.67. The molecule has 36 heavy (non-hydrogen) atoms. The highest BCUT2D eigenvalue weighted by Crippen LogP contribution is 2.34. The van der Waals surface area contributed by atoms with Gasteiger partial charge in [0.05, 0.1) is 11.1 Å². The molecule has 0 unspecified atom stereocenters. The van der Waals surface area contributed by atoms with Gasteiger partial charge in [-0.3, -0.25) is 9.78 Å². The van der Waals surface area contributed by atoms with Crippen LogP contribution in [-0.2, 0) is 6.18 Å². The highest BCUT2D eigenvalue weighted by molar-refractivity contribution is 6.30. The quantitative estimate of drug-likeness (QED) is 0.307. The second-order valence-corrected chi connectivity index (χ2v) is 9.35. The molecule has 0 spiro atoms. The summed E-state index contributed by atoms with van der Waals surface area (Å²) < 4.78 is 39.1. The lowest BCUT2D eigenvalue weighted by Gasteiger charge is -2.32. The fourth-order valence-corrected chi connectivity index (χ4v) is 4.74. The standard InChI is InChI=1S/C28H23ClF3N3O/c29-22-6-1-18(2-7-22)19-12-15-35(16-13-19)27(36)20-3-8-23(9-4-20)34-25-11-14-33-26-17-21(28(30,31)32)5-10-24(25)26/h1-11,14,17,19H,12-13,15-16H2,(H,33,34). The molecule has 0 aliphatic carbocycles. The smallest absolute Gasteiger partial charge is 0.355 e. The number of hydrogen-bond acceptors (Lipinski definition) is 3. The minimum absolute atomic E-state index is 0.00912. The SMILES string of the molecule is O=C(c1ccc(Nc2ccnc3cc(C(F)(F)F)ccc23)cc1)N1CCC(c2ccc(Cl)cc2)CC1. The van der Waals surface area contributed by atoms with Crippen molar-refractivity contribution in [3.63, 3.8) is 0 Å². The van der Waals surface area contributed by atoms with Crippen molar-refractivity contribution in [1.29, 1.82) is 0 Å². The summed E-state index contributed by atoms with van der Waals surface area (Å²) in [6.45, 7) is 1.38. The number of pyridine rings is 1. The summed E-state index contributed by atoms with van der Waals surface area (Å²) in [6, 6.07) is 20.2. The predicted molar refractivity (Wildman–Crippen MR) is 136 cm³/mol. The van der Waals surface area contributed by atoms with Crippen LogP contribution in [0.25, 0.3) is 10.9 Å². The molecule has 8 heteroatoms. The van der Waals surface area contributed by atoms with Crippen LogP contribution in [0.3, 0.4) is 0 Å². The molecular formula is C28H23ClF3N3O. The van der Waals surface area contributed by atoms with Gasteiger partial charge < -0.3 is 10.2 Å². The van der Waals surface area contributed by atoms with Crippen molar-refractivity contribution in [2.75, 3.05) is 18.4 Å². The molecule has 1 aromatic heterocycles. The van der Waals surface area contributed by atoms with Gasteiger partial charge in [0.2, 0.25) is 0 Å². The average molecular weight is 510 g/mol. The van der Waals surface area contributed by atoms with Gasteiger partial charge in [0, 0.05) is 46.6 Å². The molecule has 1 aliphatic rings. The molecule has 0 bridgehead atoms. The third-order valence-corrected chi connectivity index (χ3v) is 6.86. The topological polar surface area (TPSA) is 45.2 Å². The van der Waals surface area contributed by atoms with E-state index in [0.29, 0.717) is 35.6 Å². The van der Waals surface area contributed by atoms with E-state index in [1.165, 1.54) is 17.8 Å². The number of carbonyl (C=O) groups is 1. The van der Waals surface area contributed by atoms with Gasteiger partial charge >= 0.3 is 6.18 Å². The number of nitrogens with one attached hydrogen (secondary N) is 1. The van der Waals surface area contributed by atoms with Gasteiger partial charge in [0.1, 0.15) is 0 Å². The molecule has 1 saturated heterocycles. The normalized spacial score (nSPS) is 14.7. The molecule has 0 saturated carbocycles. The molecule has 4 nitrogen and oxygen atoms in total. The number of fused-ring (bicyclic) bond motifs is 1. The van der Waals surface area contributed by atoms with Crippen LogP contribution in [0.4, 0.5) is 24.5 Å². The Kier molecular flexibility index (Phi) is 6.58. The molecule has 1 aliphatic heterocycles. The van der Waals surface area contributed by atoms with Crippen LogP contribution in [0.15, 0.2) is 79.0 Å². The molecule has 1 N–H and O–H groups in total. The van der Waals surface area contributed by atoms with Crippen LogP contribution in [0.2, 0.25) is 5.02 Å². The number of carbonyl (C=O) groups excluding carboxylic acids is 1. The van der Waals surface area contributed by atoms with E-state index in [9.17, 15) is 18.0 Å². The lowest BCUT2D eigenvalue weighted by atomic mass is 9.89. The van der Waals surface area contributed by atoms with Gasteiger partial charge in [-0.1, -0.05) is 29.8 Å². The third kappa shape index (κ3) is 5.16. The van der Waals surface area contributed by atoms with Gasteiger partial charge in [0.15, 0.2) is 0 Å². The molecule has 1 amide bonds. The van der Waals surface area contributed by atoms with E-state index in [1.54, 1.807) is 30.3 Å². The average Bonchev–Trinajstić information content (AvgIpc) is 2.89. The number of halogens is 4. The Labute approximate surface area is 211 Å². The number of alkyl halides is 3. The molecule has 184 valence electrons. The second kappa shape index (κ2) is 9.82. The van der Waals surface area contributed by atoms with E-state index >= 15 is 0 Å². The maximum atomic E-state index is 13.0. The first-order chi connectivity index (χ1) is 17.3. The van der Waals surface area contributed by atoms with Crippen molar-refractivity contribution < 1.29 is 18.0 Å². The number of piperidine rings is 1. The molecular weight excluding hydrogens is 487 g/mol. The zero-order valence-electron chi connectivity index (χ0n) is 19.2. The van der Waals surface area contributed by atoms with Crippen LogP contribution < -0.4 is 5.32 Å². The molecule has 0 radical (unpaired) electrons. The minimum Gasteiger partial charge on any atom is -0.355 e. The number of benzene rings is 3. The van der Waals surface area contributed by atoms with Crippen molar-refractivity contribution in [2.45, 2.75) is 24.9 Å². The fraction of sp³-hybridized carbons (Fsp3) is 0.214. The van der Waals surface area contributed by atoms with E-state index < -0.39 is 11.7 Å². The minimum atomic E-state index is -4.42. The lowest BCUT2D eigenvalue weighted by Crippen LogP contribution is -2.37. The van der Waals surface area contributed by atoms with Crippen LogP contribution in [0, 0.1) is 0 Å². The summed E-state index contributed by atoms with van der Waals surface area (Å²) >= 11 is 5.99. The second-order valence-electron chi connectivity index (χ2n) is 8.91. The van der Waals surface area contributed by atoms with E-state index in [0.717, 1.165) is 35.7 Å². The summed E-state index contributed by atoms with van der Waals surface area (Å²) in [4.78, 5) is 19.0. The summed E-state index contributed by atoms with van der Waals surface area (Å²) in [5.41, 5.74) is 2.72. The Bertz CT molecular complexity index is 1380. The van der Waals surface area contributed by atoms with Crippen LogP contribution in [-0.4, -0.2) is 28.9 Å². The molecule has 5 rings (SSSR count). The lowest BCUT2D eigenvalue weighted by molar-refractivity contribution is -0.137. The molecule has 0 atom stereocenters. The first-order valence-corrected chi connectivity index (χ1v) is 12.0. The Morgan fingerprint density at radius 2 is 1.64 bits per heavy atom. The third-order valence-electron chi connectivity index (χ3n) is 6.60. The van der Waals surface area contributed by atoms with E-state index in [2.05, 4.69) is 22.4 Å². The van der Waals surface area contributed by atoms with Crippen LogP contribution in [0.5, 0.6) is 0 Å². The zero-order valence-corrected chi connectivity index (χ0v) is 20.0. The van der Waals surface area contributed by atoms with Gasteiger partial charge in [-0.15, -0.1) is 0 Å². The number of rotatable bonds is 4. The maximum absolute atomic E-state index is 13.0. The number of likely N-dealkylation sites (tertiary alicyclic amines) is 1. The fourth-order valence-electron chi connectivity index (χ4n) is 4.62. The summed E-state index contributed by atoms with van der Waals surface area (Å²) in [5, 5.41) is 4.52. The number of hydrogen-bond donors (Lipinski definition) is 1. The van der Waals surface area contributed by atoms with Crippen molar-refractivity contribution >= 4 is 39.8 Å². The number of aromatic nitrogens is 1. The molecule has 4 aromatic rings. The summed E-state index contributed by atoms with van der Waals surface area (Å²) in [5.74, 6) is 0.408. The van der Waals surface area contributed by atoms with Crippen molar-refractivity contribution in [2.24, 2.45) is 0 Å². The Morgan fingerprint density at radius 3 is 2.31 bits per heavy atom. The molecule has 1 fully saturated rings. The first kappa shape index (κ1) is 24.1. The van der Waals surface area contributed by atoms with Crippen LogP contribution >= 0.6 is 11.6 Å². The monoisotopic (exact) mass is 509 g/mol. The maximum Gasteiger partial charge on any atom is 0.416 e. The zero-order chi connectivity index (χ0) is 25.3. The van der Waals surface area contributed by atoms with Gasteiger partial charge in [-0.25, -0.2) is 0 Å². The van der Waals surface area contributed by atoms with Crippen LogP contribution in [0.1, 0.15) is 40.2 Å². The largest absolute Gasteiger partial charge is 0.416 e. The summed E-state index contributed by atoms with van der Waals surface area (Å²) in [7, 11) is 0. The van der Waals surface area contributed by atoms with Crippen molar-refractivity contribution in [1.82, 2.24) is 9.88 Å². The van der Waals surface area contributed by atoms with E-state index in [-0.39, 0.29) is 11.4 Å². The van der Waals surface area contributed by atoms with E-state index in [4.69, 9.17) is 11.6 Å². The summed E-state index contributed by atoms with van der Waals surface area (Å²) in [6.07, 6.45) is -1.15. The first-order valence-electron chi connectivity index (χ1n) is 11.7. The number of nitrogens with zero attached hydrogens (tertiary/aromatic N) is 2. The number of amides is 1. The Hall–Kier alpha value is -3.58. The van der Waals surface area contributed by atoms with Gasteiger partial charge in [-0.05, 0) is 78.9 Å². The Morgan fingerprint density at radius 1 is 0.944 bits per heavy atom. The van der Waals surface area contributed by atoms with Crippen molar-refractivity contribution in [3.05, 3.63) is 101 Å². The Balaban J connectivity index is 1.24. The molecule has 3 aromatic carbocycles. The highest BCUT2D eigenvalue weighted by Gasteiger charge is 2.30. The van der Waals surface area contributed by atoms with Crippen molar-refractivity contribution in [3.8, 4) is 0 Å². The highest BCUT2D eigenvalue weighted by atomic mass is 35.5. The van der Waals surface area contributed by atoms with Gasteiger partial charge in [0.25, 0.3) is 5.91 Å². The van der Waals surface area contributed by atoms with Gasteiger partial charge in [-0.2, -0.15) is 13.2 Å². The number of anilines is 2. The van der Waals surface area contributed by atoms with E-state index in [1.807, 2.05) is 17.0 Å². The molecule has 2 heterocycles.